The first-order valence-corrected chi connectivity index (χ1v) is 8.59. The van der Waals surface area contributed by atoms with Gasteiger partial charge in [0.2, 0.25) is 0 Å². The SMILES string of the molecule is Cc1noc(C)c1CN1CC2CCC(C1)N(C(=O)c1ccoc1)C2. The lowest BCUT2D eigenvalue weighted by atomic mass is 9.94. The molecule has 2 unspecified atom stereocenters. The summed E-state index contributed by atoms with van der Waals surface area (Å²) in [5, 5.41) is 4.06. The Bertz CT molecular complexity index is 702. The highest BCUT2D eigenvalue weighted by atomic mass is 16.5. The number of nitrogens with zero attached hydrogens (tertiary/aromatic N) is 3. The number of piperidine rings is 1. The summed E-state index contributed by atoms with van der Waals surface area (Å²) in [6, 6.07) is 2.02. The average Bonchev–Trinajstić information content (AvgIpc) is 3.11. The summed E-state index contributed by atoms with van der Waals surface area (Å²) in [4.78, 5) is 17.3. The van der Waals surface area contributed by atoms with Crippen LogP contribution in [0.25, 0.3) is 0 Å². The molecule has 5 heterocycles. The molecule has 5 rings (SSSR count). The number of hydrogen-bond donors (Lipinski definition) is 0. The Hall–Kier alpha value is -2.08. The molecule has 3 aliphatic rings. The van der Waals surface area contributed by atoms with E-state index in [4.69, 9.17) is 8.94 Å². The van der Waals surface area contributed by atoms with Crippen molar-refractivity contribution in [1.82, 2.24) is 15.0 Å². The Balaban J connectivity index is 1.51. The monoisotopic (exact) mass is 329 g/mol. The van der Waals surface area contributed by atoms with Crippen molar-refractivity contribution in [1.29, 1.82) is 0 Å². The summed E-state index contributed by atoms with van der Waals surface area (Å²) in [5.74, 6) is 1.52. The molecule has 2 atom stereocenters. The van der Waals surface area contributed by atoms with Crippen LogP contribution in [0.5, 0.6) is 0 Å². The first-order valence-electron chi connectivity index (χ1n) is 8.59. The highest BCUT2D eigenvalue weighted by Crippen LogP contribution is 2.30. The van der Waals surface area contributed by atoms with Crippen LogP contribution in [0.15, 0.2) is 27.5 Å². The number of amides is 1. The molecule has 0 N–H and O–H groups in total. The van der Waals surface area contributed by atoms with Crippen LogP contribution in [0, 0.1) is 19.8 Å². The van der Waals surface area contributed by atoms with Crippen molar-refractivity contribution >= 4 is 5.91 Å². The second-order valence-electron chi connectivity index (χ2n) is 7.06. The minimum atomic E-state index is 0.0950. The number of furan rings is 1. The predicted molar refractivity (Wildman–Crippen MR) is 87.5 cm³/mol. The molecule has 2 bridgehead atoms. The van der Waals surface area contributed by atoms with Crippen LogP contribution in [0.1, 0.15) is 40.2 Å². The van der Waals surface area contributed by atoms with Gasteiger partial charge >= 0.3 is 0 Å². The van der Waals surface area contributed by atoms with Gasteiger partial charge < -0.3 is 13.8 Å². The Morgan fingerprint density at radius 3 is 2.88 bits per heavy atom. The fourth-order valence-corrected chi connectivity index (χ4v) is 4.06. The van der Waals surface area contributed by atoms with Crippen molar-refractivity contribution in [2.75, 3.05) is 19.6 Å². The standard InChI is InChI=1S/C18H23N3O3/c1-12-17(13(2)24-19-12)10-20-7-14-3-4-16(9-20)21(8-14)18(22)15-5-6-23-11-15/h5-6,11,14,16H,3-4,7-10H2,1-2H3. The predicted octanol–water partition coefficient (Wildman–Crippen LogP) is 2.62. The minimum Gasteiger partial charge on any atom is -0.472 e. The van der Waals surface area contributed by atoms with Gasteiger partial charge in [0.15, 0.2) is 0 Å². The molecule has 0 radical (unpaired) electrons. The molecule has 2 aromatic rings. The lowest BCUT2D eigenvalue weighted by Crippen LogP contribution is -2.47. The molecule has 2 aromatic heterocycles. The van der Waals surface area contributed by atoms with E-state index in [1.807, 2.05) is 18.7 Å². The lowest BCUT2D eigenvalue weighted by Gasteiger charge is -2.36. The van der Waals surface area contributed by atoms with Crippen LogP contribution in [0.2, 0.25) is 0 Å². The molecule has 1 amide bonds. The smallest absolute Gasteiger partial charge is 0.257 e. The van der Waals surface area contributed by atoms with Crippen LogP contribution >= 0.6 is 0 Å². The number of carbonyl (C=O) groups excluding carboxylic acids is 1. The van der Waals surface area contributed by atoms with Gasteiger partial charge in [-0.1, -0.05) is 5.16 Å². The van der Waals surface area contributed by atoms with Gasteiger partial charge in [-0.15, -0.1) is 0 Å². The molecule has 6 heteroatoms. The molecule has 0 aromatic carbocycles. The minimum absolute atomic E-state index is 0.0950. The first-order chi connectivity index (χ1) is 11.6. The lowest BCUT2D eigenvalue weighted by molar-refractivity contribution is 0.0584. The van der Waals surface area contributed by atoms with E-state index in [0.29, 0.717) is 11.5 Å². The number of hydrogen-bond acceptors (Lipinski definition) is 5. The van der Waals surface area contributed by atoms with Gasteiger partial charge in [-0.25, -0.2) is 0 Å². The zero-order chi connectivity index (χ0) is 16.7. The third-order valence-electron chi connectivity index (χ3n) is 5.38. The third kappa shape index (κ3) is 2.75. The van der Waals surface area contributed by atoms with E-state index in [1.165, 1.54) is 12.0 Å². The molecule has 3 saturated heterocycles. The van der Waals surface area contributed by atoms with E-state index in [-0.39, 0.29) is 11.9 Å². The molecule has 24 heavy (non-hydrogen) atoms. The van der Waals surface area contributed by atoms with Gasteiger partial charge in [-0.05, 0) is 38.7 Å². The van der Waals surface area contributed by atoms with Crippen molar-refractivity contribution in [3.05, 3.63) is 41.2 Å². The van der Waals surface area contributed by atoms with Crippen LogP contribution in [-0.4, -0.2) is 46.5 Å². The molecule has 0 saturated carbocycles. The van der Waals surface area contributed by atoms with E-state index in [0.717, 1.165) is 44.1 Å². The number of carbonyl (C=O) groups is 1. The maximum atomic E-state index is 12.8. The van der Waals surface area contributed by atoms with Crippen molar-refractivity contribution in [3.8, 4) is 0 Å². The topological polar surface area (TPSA) is 62.7 Å². The van der Waals surface area contributed by atoms with Crippen LogP contribution in [0.3, 0.4) is 0 Å². The Morgan fingerprint density at radius 1 is 1.29 bits per heavy atom. The summed E-state index contributed by atoms with van der Waals surface area (Å²) < 4.78 is 10.4. The molecule has 128 valence electrons. The van der Waals surface area contributed by atoms with Gasteiger partial charge in [0.1, 0.15) is 12.0 Å². The van der Waals surface area contributed by atoms with E-state index < -0.39 is 0 Å². The van der Waals surface area contributed by atoms with Gasteiger partial charge in [-0.3, -0.25) is 9.69 Å². The number of aromatic nitrogens is 1. The van der Waals surface area contributed by atoms with Gasteiger partial charge in [0, 0.05) is 37.8 Å². The molecular weight excluding hydrogens is 306 g/mol. The normalized spacial score (nSPS) is 24.3. The molecular formula is C18H23N3O3. The fraction of sp³-hybridized carbons (Fsp3) is 0.556. The largest absolute Gasteiger partial charge is 0.472 e. The van der Waals surface area contributed by atoms with Crippen molar-refractivity contribution in [3.63, 3.8) is 0 Å². The van der Waals surface area contributed by atoms with Crippen LogP contribution in [-0.2, 0) is 6.54 Å². The average molecular weight is 329 g/mol. The second kappa shape index (κ2) is 6.09. The Kier molecular flexibility index (Phi) is 3.92. The maximum absolute atomic E-state index is 12.8. The number of fused-ring (bicyclic) bond motifs is 4. The summed E-state index contributed by atoms with van der Waals surface area (Å²) in [5.41, 5.74) is 2.80. The first kappa shape index (κ1) is 15.4. The van der Waals surface area contributed by atoms with E-state index in [9.17, 15) is 4.79 Å². The van der Waals surface area contributed by atoms with Crippen molar-refractivity contribution in [2.45, 2.75) is 39.3 Å². The van der Waals surface area contributed by atoms with Gasteiger partial charge in [-0.2, -0.15) is 0 Å². The fourth-order valence-electron chi connectivity index (χ4n) is 4.06. The summed E-state index contributed by atoms with van der Waals surface area (Å²) >= 11 is 0. The van der Waals surface area contributed by atoms with Gasteiger partial charge in [0.25, 0.3) is 5.91 Å². The number of aryl methyl sites for hydroxylation is 2. The third-order valence-corrected chi connectivity index (χ3v) is 5.38. The summed E-state index contributed by atoms with van der Waals surface area (Å²) in [6.07, 6.45) is 5.37. The highest BCUT2D eigenvalue weighted by Gasteiger charge is 2.37. The maximum Gasteiger partial charge on any atom is 0.257 e. The van der Waals surface area contributed by atoms with Crippen LogP contribution in [0.4, 0.5) is 0 Å². The molecule has 3 aliphatic heterocycles. The van der Waals surface area contributed by atoms with Crippen molar-refractivity contribution in [2.24, 2.45) is 5.92 Å². The summed E-state index contributed by atoms with van der Waals surface area (Å²) in [7, 11) is 0. The molecule has 3 fully saturated rings. The Labute approximate surface area is 141 Å². The van der Waals surface area contributed by atoms with Crippen molar-refractivity contribution < 1.29 is 13.7 Å². The van der Waals surface area contributed by atoms with Gasteiger partial charge in [0.05, 0.1) is 17.5 Å². The van der Waals surface area contributed by atoms with E-state index >= 15 is 0 Å². The van der Waals surface area contributed by atoms with Crippen LogP contribution < -0.4 is 0 Å². The molecule has 0 spiro atoms. The molecule has 6 nitrogen and oxygen atoms in total. The zero-order valence-electron chi connectivity index (χ0n) is 14.2. The molecule has 0 aliphatic carbocycles. The Morgan fingerprint density at radius 2 is 2.17 bits per heavy atom. The zero-order valence-corrected chi connectivity index (χ0v) is 14.2. The quantitative estimate of drug-likeness (QED) is 0.866. The van der Waals surface area contributed by atoms with E-state index in [2.05, 4.69) is 10.1 Å². The second-order valence-corrected chi connectivity index (χ2v) is 7.06. The number of rotatable bonds is 3. The highest BCUT2D eigenvalue weighted by molar-refractivity contribution is 5.94. The summed E-state index contributed by atoms with van der Waals surface area (Å²) in [6.45, 7) is 7.58. The van der Waals surface area contributed by atoms with E-state index in [1.54, 1.807) is 18.6 Å².